The SMILES string of the molecule is CC(=O)c1c(C)c2cnc(Nc3ccc(N4CCCC45CCN(C4COC4)CC5)cn3)nc2n(C2CCCC2)c1=O. The standard InChI is InChI=1S/C31H39N7O3/c1-20-25-17-33-30(35-28(25)38(22-6-3-4-7-22)29(40)27(20)21(2)39)34-26-9-8-23(16-32-26)37-13-5-10-31(37)11-14-36(15-12-31)24-18-41-19-24/h8-9,16-17,22,24H,3-7,10-15,18-19H2,1-2H3,(H,32,33,34,35). The Bertz CT molecular complexity index is 1520. The number of pyridine rings is 2. The highest BCUT2D eigenvalue weighted by atomic mass is 16.5. The summed E-state index contributed by atoms with van der Waals surface area (Å²) in [5.41, 5.74) is 2.61. The molecule has 1 aliphatic carbocycles. The monoisotopic (exact) mass is 557 g/mol. The van der Waals surface area contributed by atoms with E-state index >= 15 is 0 Å². The number of anilines is 3. The molecule has 216 valence electrons. The lowest BCUT2D eigenvalue weighted by Crippen LogP contribution is -2.58. The first-order valence-corrected chi connectivity index (χ1v) is 15.2. The number of aromatic nitrogens is 4. The highest BCUT2D eigenvalue weighted by molar-refractivity contribution is 5.99. The molecule has 1 N–H and O–H groups in total. The molecular weight excluding hydrogens is 518 g/mol. The molecule has 3 aliphatic heterocycles. The van der Waals surface area contributed by atoms with Gasteiger partial charge in [0.15, 0.2) is 5.78 Å². The van der Waals surface area contributed by atoms with Crippen molar-refractivity contribution in [3.63, 3.8) is 0 Å². The van der Waals surface area contributed by atoms with Crippen LogP contribution in [0.1, 0.15) is 80.3 Å². The lowest BCUT2D eigenvalue weighted by Gasteiger charge is -2.49. The number of piperidine rings is 1. The zero-order valence-corrected chi connectivity index (χ0v) is 24.1. The molecule has 0 amide bonds. The first-order chi connectivity index (χ1) is 19.9. The van der Waals surface area contributed by atoms with Gasteiger partial charge >= 0.3 is 0 Å². The van der Waals surface area contributed by atoms with Crippen molar-refractivity contribution >= 4 is 34.3 Å². The Hall–Kier alpha value is -3.37. The highest BCUT2D eigenvalue weighted by Gasteiger charge is 2.44. The van der Waals surface area contributed by atoms with Gasteiger partial charge in [0.1, 0.15) is 11.5 Å². The molecule has 3 saturated heterocycles. The van der Waals surface area contributed by atoms with Crippen molar-refractivity contribution in [3.05, 3.63) is 46.0 Å². The summed E-state index contributed by atoms with van der Waals surface area (Å²) < 4.78 is 7.16. The number of aryl methyl sites for hydroxylation is 1. The number of rotatable bonds is 6. The van der Waals surface area contributed by atoms with Crippen LogP contribution in [0.15, 0.2) is 29.3 Å². The van der Waals surface area contributed by atoms with Gasteiger partial charge in [-0.15, -0.1) is 0 Å². The van der Waals surface area contributed by atoms with Crippen molar-refractivity contribution in [2.75, 3.05) is 43.1 Å². The molecule has 4 fully saturated rings. The average molecular weight is 558 g/mol. The molecule has 10 nitrogen and oxygen atoms in total. The molecule has 0 radical (unpaired) electrons. The van der Waals surface area contributed by atoms with Crippen molar-refractivity contribution in [1.82, 2.24) is 24.4 Å². The van der Waals surface area contributed by atoms with E-state index in [4.69, 9.17) is 14.7 Å². The van der Waals surface area contributed by atoms with Crippen molar-refractivity contribution in [3.8, 4) is 0 Å². The van der Waals surface area contributed by atoms with E-state index < -0.39 is 0 Å². The molecule has 41 heavy (non-hydrogen) atoms. The van der Waals surface area contributed by atoms with Crippen molar-refractivity contribution in [2.45, 2.75) is 82.8 Å². The number of ketones is 1. The molecule has 4 aliphatic rings. The van der Waals surface area contributed by atoms with Crippen molar-refractivity contribution < 1.29 is 9.53 Å². The second-order valence-corrected chi connectivity index (χ2v) is 12.3. The Morgan fingerprint density at radius 1 is 1.00 bits per heavy atom. The second-order valence-electron chi connectivity index (χ2n) is 12.3. The Morgan fingerprint density at radius 3 is 2.44 bits per heavy atom. The minimum atomic E-state index is -0.243. The van der Waals surface area contributed by atoms with E-state index in [0.717, 1.165) is 69.6 Å². The summed E-state index contributed by atoms with van der Waals surface area (Å²) in [7, 11) is 0. The molecule has 10 heteroatoms. The van der Waals surface area contributed by atoms with Gasteiger partial charge < -0.3 is 15.0 Å². The fourth-order valence-corrected chi connectivity index (χ4v) is 7.64. The van der Waals surface area contributed by atoms with E-state index in [0.29, 0.717) is 29.0 Å². The van der Waals surface area contributed by atoms with Gasteiger partial charge in [0, 0.05) is 42.8 Å². The maximum Gasteiger partial charge on any atom is 0.263 e. The number of ether oxygens (including phenoxy) is 1. The summed E-state index contributed by atoms with van der Waals surface area (Å²) in [6.07, 6.45) is 12.5. The van der Waals surface area contributed by atoms with Gasteiger partial charge in [0.05, 0.1) is 36.7 Å². The zero-order chi connectivity index (χ0) is 28.1. The first-order valence-electron chi connectivity index (χ1n) is 15.2. The van der Waals surface area contributed by atoms with Gasteiger partial charge in [-0.2, -0.15) is 4.98 Å². The largest absolute Gasteiger partial charge is 0.378 e. The van der Waals surface area contributed by atoms with Gasteiger partial charge in [-0.25, -0.2) is 9.97 Å². The van der Waals surface area contributed by atoms with Gasteiger partial charge in [-0.05, 0) is 70.1 Å². The molecule has 7 rings (SSSR count). The minimum Gasteiger partial charge on any atom is -0.378 e. The topological polar surface area (TPSA) is 105 Å². The van der Waals surface area contributed by atoms with E-state index in [2.05, 4.69) is 26.2 Å². The Balaban J connectivity index is 1.13. The first kappa shape index (κ1) is 26.5. The van der Waals surface area contributed by atoms with Crippen LogP contribution in [0.2, 0.25) is 0 Å². The molecule has 0 aromatic carbocycles. The predicted molar refractivity (Wildman–Crippen MR) is 158 cm³/mol. The molecule has 3 aromatic rings. The Labute approximate surface area is 240 Å². The summed E-state index contributed by atoms with van der Waals surface area (Å²) >= 11 is 0. The van der Waals surface area contributed by atoms with E-state index in [-0.39, 0.29) is 28.5 Å². The Kier molecular flexibility index (Phi) is 6.78. The fourth-order valence-electron chi connectivity index (χ4n) is 7.64. The summed E-state index contributed by atoms with van der Waals surface area (Å²) in [5, 5.41) is 4.00. The number of hydrogen-bond acceptors (Lipinski definition) is 9. The number of Topliss-reactive ketones (excluding diaryl/α,β-unsaturated/α-hetero) is 1. The van der Waals surface area contributed by atoms with E-state index in [1.54, 1.807) is 10.8 Å². The summed E-state index contributed by atoms with van der Waals surface area (Å²) in [5.74, 6) is 0.836. The quantitative estimate of drug-likeness (QED) is 0.442. The number of nitrogens with one attached hydrogen (secondary N) is 1. The lowest BCUT2D eigenvalue weighted by molar-refractivity contribution is -0.0751. The van der Waals surface area contributed by atoms with E-state index in [1.807, 2.05) is 19.2 Å². The van der Waals surface area contributed by atoms with Crippen LogP contribution in [0.3, 0.4) is 0 Å². The predicted octanol–water partition coefficient (Wildman–Crippen LogP) is 4.39. The molecule has 0 unspecified atom stereocenters. The maximum absolute atomic E-state index is 13.5. The lowest BCUT2D eigenvalue weighted by atomic mass is 9.84. The van der Waals surface area contributed by atoms with Gasteiger partial charge in [-0.3, -0.25) is 19.1 Å². The van der Waals surface area contributed by atoms with Crippen LogP contribution in [0.4, 0.5) is 17.5 Å². The normalized spacial score (nSPS) is 21.6. The number of fused-ring (bicyclic) bond motifs is 1. The van der Waals surface area contributed by atoms with Crippen LogP contribution in [0.25, 0.3) is 11.0 Å². The third-order valence-electron chi connectivity index (χ3n) is 10.0. The number of carbonyl (C=O) groups is 1. The molecule has 1 spiro atoms. The van der Waals surface area contributed by atoms with Crippen LogP contribution in [-0.4, -0.2) is 74.6 Å². The highest BCUT2D eigenvalue weighted by Crippen LogP contribution is 2.42. The van der Waals surface area contributed by atoms with E-state index in [1.165, 1.54) is 32.6 Å². The number of nitrogens with zero attached hydrogens (tertiary/aromatic N) is 6. The van der Waals surface area contributed by atoms with Crippen molar-refractivity contribution in [1.29, 1.82) is 0 Å². The molecule has 0 atom stereocenters. The Morgan fingerprint density at radius 2 is 1.78 bits per heavy atom. The summed E-state index contributed by atoms with van der Waals surface area (Å²) in [6.45, 7) is 8.37. The molecule has 1 saturated carbocycles. The van der Waals surface area contributed by atoms with Crippen LogP contribution in [-0.2, 0) is 4.74 Å². The number of carbonyl (C=O) groups excluding carboxylic acids is 1. The van der Waals surface area contributed by atoms with Gasteiger partial charge in [-0.1, -0.05) is 12.8 Å². The fraction of sp³-hybridized carbons (Fsp3) is 0.581. The third kappa shape index (κ3) is 4.61. The summed E-state index contributed by atoms with van der Waals surface area (Å²) in [6, 6.07) is 4.79. The van der Waals surface area contributed by atoms with Gasteiger partial charge in [0.2, 0.25) is 5.95 Å². The smallest absolute Gasteiger partial charge is 0.263 e. The molecular formula is C31H39N7O3. The van der Waals surface area contributed by atoms with Gasteiger partial charge in [0.25, 0.3) is 5.56 Å². The van der Waals surface area contributed by atoms with Crippen LogP contribution in [0.5, 0.6) is 0 Å². The minimum absolute atomic E-state index is 0.0468. The molecule has 3 aromatic heterocycles. The molecule has 6 heterocycles. The zero-order valence-electron chi connectivity index (χ0n) is 24.1. The van der Waals surface area contributed by atoms with Crippen LogP contribution < -0.4 is 15.8 Å². The average Bonchev–Trinajstić information content (AvgIpc) is 3.60. The second kappa shape index (κ2) is 10.5. The van der Waals surface area contributed by atoms with Crippen LogP contribution >= 0.6 is 0 Å². The number of likely N-dealkylation sites (tertiary alicyclic amines) is 1. The number of hydrogen-bond donors (Lipinski definition) is 1. The maximum atomic E-state index is 13.5. The van der Waals surface area contributed by atoms with Crippen LogP contribution in [0, 0.1) is 6.92 Å². The summed E-state index contributed by atoms with van der Waals surface area (Å²) in [4.78, 5) is 45.2. The third-order valence-corrected chi connectivity index (χ3v) is 10.0. The molecule has 0 bridgehead atoms. The van der Waals surface area contributed by atoms with Crippen molar-refractivity contribution in [2.24, 2.45) is 0 Å². The van der Waals surface area contributed by atoms with E-state index in [9.17, 15) is 9.59 Å².